The minimum absolute atomic E-state index is 0.0271. The van der Waals surface area contributed by atoms with Crippen LogP contribution in [0, 0.1) is 5.41 Å². The Morgan fingerprint density at radius 3 is 2.38 bits per heavy atom. The highest BCUT2D eigenvalue weighted by Gasteiger charge is 2.33. The van der Waals surface area contributed by atoms with Crippen LogP contribution in [0.5, 0.6) is 0 Å². The molecule has 0 aromatic carbocycles. The van der Waals surface area contributed by atoms with Gasteiger partial charge in [0, 0.05) is 20.1 Å². The summed E-state index contributed by atoms with van der Waals surface area (Å²) >= 11 is 0. The lowest BCUT2D eigenvalue weighted by molar-refractivity contribution is -0.146. The van der Waals surface area contributed by atoms with Crippen LogP contribution in [0.15, 0.2) is 0 Å². The first kappa shape index (κ1) is 13.0. The number of hydrogen-bond acceptors (Lipinski definition) is 3. The van der Waals surface area contributed by atoms with E-state index in [9.17, 15) is 9.59 Å². The zero-order valence-electron chi connectivity index (χ0n) is 10.5. The molecule has 0 aromatic rings. The van der Waals surface area contributed by atoms with Gasteiger partial charge in [0.1, 0.15) is 0 Å². The fourth-order valence-electron chi connectivity index (χ4n) is 1.51. The molecule has 0 saturated carbocycles. The summed E-state index contributed by atoms with van der Waals surface area (Å²) in [4.78, 5) is 26.7. The second kappa shape index (κ2) is 4.41. The molecule has 16 heavy (non-hydrogen) atoms. The third-order valence-corrected chi connectivity index (χ3v) is 2.97. The van der Waals surface area contributed by atoms with Crippen LogP contribution in [0.2, 0.25) is 0 Å². The van der Waals surface area contributed by atoms with Crippen molar-refractivity contribution in [2.24, 2.45) is 11.1 Å². The maximum atomic E-state index is 12.0. The molecule has 1 fully saturated rings. The lowest BCUT2D eigenvalue weighted by Gasteiger charge is -2.36. The van der Waals surface area contributed by atoms with Crippen molar-refractivity contribution in [3.8, 4) is 0 Å². The molecule has 0 spiro atoms. The van der Waals surface area contributed by atoms with Gasteiger partial charge in [-0.15, -0.1) is 0 Å². The van der Waals surface area contributed by atoms with Gasteiger partial charge in [-0.2, -0.15) is 0 Å². The van der Waals surface area contributed by atoms with E-state index in [0.717, 1.165) is 0 Å². The van der Waals surface area contributed by atoms with E-state index in [2.05, 4.69) is 0 Å². The van der Waals surface area contributed by atoms with Crippen LogP contribution in [0.4, 0.5) is 0 Å². The van der Waals surface area contributed by atoms with Crippen LogP contribution < -0.4 is 5.73 Å². The third-order valence-electron chi connectivity index (χ3n) is 2.97. The Hall–Kier alpha value is -1.10. The number of hydrogen-bond donors (Lipinski definition) is 1. The van der Waals surface area contributed by atoms with Crippen molar-refractivity contribution in [1.29, 1.82) is 0 Å². The Morgan fingerprint density at radius 2 is 1.94 bits per heavy atom. The van der Waals surface area contributed by atoms with Crippen molar-refractivity contribution < 1.29 is 9.59 Å². The Kier molecular flexibility index (Phi) is 3.57. The Labute approximate surface area is 96.6 Å². The van der Waals surface area contributed by atoms with E-state index in [-0.39, 0.29) is 23.8 Å². The van der Waals surface area contributed by atoms with Crippen LogP contribution in [0.3, 0.4) is 0 Å². The SMILES string of the molecule is CN1CCN(C(=O)C(N)C(C)(C)C)CC1=O. The van der Waals surface area contributed by atoms with Gasteiger partial charge in [-0.25, -0.2) is 0 Å². The van der Waals surface area contributed by atoms with Crippen LogP contribution in [-0.2, 0) is 9.59 Å². The van der Waals surface area contributed by atoms with E-state index in [0.29, 0.717) is 13.1 Å². The van der Waals surface area contributed by atoms with Gasteiger partial charge in [-0.1, -0.05) is 20.8 Å². The van der Waals surface area contributed by atoms with Crippen molar-refractivity contribution in [2.45, 2.75) is 26.8 Å². The zero-order valence-corrected chi connectivity index (χ0v) is 10.5. The largest absolute Gasteiger partial charge is 0.342 e. The molecule has 0 radical (unpaired) electrons. The molecule has 0 bridgehead atoms. The average molecular weight is 227 g/mol. The number of nitrogens with two attached hydrogens (primary N) is 1. The first-order valence-corrected chi connectivity index (χ1v) is 5.52. The molecule has 1 unspecified atom stereocenters. The van der Waals surface area contributed by atoms with E-state index in [4.69, 9.17) is 5.73 Å². The summed E-state index contributed by atoms with van der Waals surface area (Å²) in [7, 11) is 1.74. The molecule has 1 rings (SSSR count). The van der Waals surface area contributed by atoms with Crippen molar-refractivity contribution in [3.63, 3.8) is 0 Å². The van der Waals surface area contributed by atoms with Gasteiger partial charge in [0.2, 0.25) is 11.8 Å². The molecule has 1 atom stereocenters. The van der Waals surface area contributed by atoms with E-state index < -0.39 is 6.04 Å². The van der Waals surface area contributed by atoms with Crippen molar-refractivity contribution in [1.82, 2.24) is 9.80 Å². The quantitative estimate of drug-likeness (QED) is 0.666. The Morgan fingerprint density at radius 1 is 1.38 bits per heavy atom. The first-order valence-electron chi connectivity index (χ1n) is 5.52. The van der Waals surface area contributed by atoms with E-state index >= 15 is 0 Å². The molecule has 1 aliphatic rings. The first-order chi connectivity index (χ1) is 7.23. The minimum atomic E-state index is -0.552. The summed E-state index contributed by atoms with van der Waals surface area (Å²) in [5.74, 6) is -0.158. The van der Waals surface area contributed by atoms with Gasteiger partial charge in [0.05, 0.1) is 12.6 Å². The molecular formula is C11H21N3O2. The lowest BCUT2D eigenvalue weighted by atomic mass is 9.86. The Bertz CT molecular complexity index is 296. The second-order valence-corrected chi connectivity index (χ2v) is 5.42. The molecule has 1 saturated heterocycles. The molecular weight excluding hydrogens is 206 g/mol. The molecule has 2 amide bonds. The minimum Gasteiger partial charge on any atom is -0.342 e. The van der Waals surface area contributed by atoms with E-state index in [1.54, 1.807) is 16.8 Å². The van der Waals surface area contributed by atoms with Gasteiger partial charge in [-0.3, -0.25) is 9.59 Å². The van der Waals surface area contributed by atoms with Crippen molar-refractivity contribution in [3.05, 3.63) is 0 Å². The monoisotopic (exact) mass is 227 g/mol. The normalized spacial score (nSPS) is 19.9. The molecule has 0 aliphatic carbocycles. The molecule has 0 aromatic heterocycles. The molecule has 1 heterocycles. The number of likely N-dealkylation sites (N-methyl/N-ethyl adjacent to an activating group) is 1. The predicted molar refractivity (Wildman–Crippen MR) is 61.6 cm³/mol. The zero-order chi connectivity index (χ0) is 12.5. The van der Waals surface area contributed by atoms with Crippen LogP contribution in [0.1, 0.15) is 20.8 Å². The number of carbonyl (C=O) groups is 2. The third kappa shape index (κ3) is 2.72. The van der Waals surface area contributed by atoms with Gasteiger partial charge in [0.15, 0.2) is 0 Å². The fourth-order valence-corrected chi connectivity index (χ4v) is 1.51. The molecule has 2 N–H and O–H groups in total. The number of nitrogens with zero attached hydrogens (tertiary/aromatic N) is 2. The highest BCUT2D eigenvalue weighted by Crippen LogP contribution is 2.19. The van der Waals surface area contributed by atoms with Gasteiger partial charge in [0.25, 0.3) is 0 Å². The summed E-state index contributed by atoms with van der Waals surface area (Å²) < 4.78 is 0. The maximum absolute atomic E-state index is 12.0. The topological polar surface area (TPSA) is 66.6 Å². The van der Waals surface area contributed by atoms with E-state index in [1.165, 1.54) is 0 Å². The summed E-state index contributed by atoms with van der Waals surface area (Å²) in [5, 5.41) is 0. The summed E-state index contributed by atoms with van der Waals surface area (Å²) in [6, 6.07) is -0.552. The van der Waals surface area contributed by atoms with Crippen LogP contribution in [-0.4, -0.2) is 54.3 Å². The molecule has 1 aliphatic heterocycles. The van der Waals surface area contributed by atoms with Crippen molar-refractivity contribution in [2.75, 3.05) is 26.7 Å². The number of piperazine rings is 1. The van der Waals surface area contributed by atoms with Crippen molar-refractivity contribution >= 4 is 11.8 Å². The van der Waals surface area contributed by atoms with Gasteiger partial charge >= 0.3 is 0 Å². The smallest absolute Gasteiger partial charge is 0.241 e. The van der Waals surface area contributed by atoms with Crippen LogP contribution in [0.25, 0.3) is 0 Å². The van der Waals surface area contributed by atoms with Crippen LogP contribution >= 0.6 is 0 Å². The summed E-state index contributed by atoms with van der Waals surface area (Å²) in [6.45, 7) is 7.08. The second-order valence-electron chi connectivity index (χ2n) is 5.42. The Balaban J connectivity index is 2.66. The molecule has 92 valence electrons. The summed E-state index contributed by atoms with van der Waals surface area (Å²) in [5.41, 5.74) is 5.61. The summed E-state index contributed by atoms with van der Waals surface area (Å²) in [6.07, 6.45) is 0. The van der Waals surface area contributed by atoms with E-state index in [1.807, 2.05) is 20.8 Å². The number of rotatable bonds is 1. The standard InChI is InChI=1S/C11H21N3O2/c1-11(2,3)9(12)10(16)14-6-5-13(4)8(15)7-14/h9H,5-7,12H2,1-4H3. The van der Waals surface area contributed by atoms with Gasteiger partial charge < -0.3 is 15.5 Å². The highest BCUT2D eigenvalue weighted by molar-refractivity contribution is 5.88. The maximum Gasteiger partial charge on any atom is 0.241 e. The van der Waals surface area contributed by atoms with Gasteiger partial charge in [-0.05, 0) is 5.41 Å². The number of amides is 2. The fraction of sp³-hybridized carbons (Fsp3) is 0.818. The molecule has 5 nitrogen and oxygen atoms in total. The highest BCUT2D eigenvalue weighted by atomic mass is 16.2. The lowest BCUT2D eigenvalue weighted by Crippen LogP contribution is -2.57. The predicted octanol–water partition coefficient (Wildman–Crippen LogP) is -0.340. The molecule has 5 heteroatoms. The average Bonchev–Trinajstić information content (AvgIpc) is 2.18. The number of carbonyl (C=O) groups excluding carboxylic acids is 2.